The molecule has 0 bridgehead atoms. The molecular weight excluding hydrogens is 262 g/mol. The van der Waals surface area contributed by atoms with Crippen LogP contribution in [0.2, 0.25) is 0 Å². The van der Waals surface area contributed by atoms with Crippen LogP contribution in [0.1, 0.15) is 5.56 Å². The third-order valence-electron chi connectivity index (χ3n) is 2.58. The Morgan fingerprint density at radius 1 is 1.35 bits per heavy atom. The van der Waals surface area contributed by atoms with Crippen molar-refractivity contribution < 1.29 is 14.8 Å². The number of aromatic nitrogens is 1. The molecule has 0 aliphatic carbocycles. The Hall–Kier alpha value is -2.67. The number of benzene rings is 1. The molecule has 1 aromatic carbocycles. The largest absolute Gasteiger partial charge is 0.439 e. The first-order valence-corrected chi connectivity index (χ1v) is 5.84. The van der Waals surface area contributed by atoms with Crippen molar-refractivity contribution >= 4 is 11.5 Å². The van der Waals surface area contributed by atoms with E-state index in [1.165, 1.54) is 12.1 Å². The lowest BCUT2D eigenvalue weighted by Crippen LogP contribution is -1.98. The Kier molecular flexibility index (Phi) is 4.11. The van der Waals surface area contributed by atoms with E-state index in [1.807, 2.05) is 0 Å². The minimum atomic E-state index is -0.510. The van der Waals surface area contributed by atoms with Crippen molar-refractivity contribution in [2.75, 3.05) is 12.4 Å². The van der Waals surface area contributed by atoms with E-state index in [0.717, 1.165) is 5.56 Å². The minimum absolute atomic E-state index is 0.0563. The van der Waals surface area contributed by atoms with Crippen LogP contribution in [0.3, 0.4) is 0 Å². The normalized spacial score (nSPS) is 10.1. The predicted octanol–water partition coefficient (Wildman–Crippen LogP) is 2.32. The van der Waals surface area contributed by atoms with Gasteiger partial charge in [0.1, 0.15) is 11.6 Å². The number of rotatable bonds is 5. The first kappa shape index (κ1) is 13.8. The molecule has 0 aliphatic heterocycles. The number of aliphatic hydroxyl groups excluding tert-OH is 1. The van der Waals surface area contributed by atoms with Crippen LogP contribution >= 0.6 is 0 Å². The highest BCUT2D eigenvalue weighted by Crippen LogP contribution is 2.26. The van der Waals surface area contributed by atoms with Gasteiger partial charge in [-0.3, -0.25) is 10.1 Å². The van der Waals surface area contributed by atoms with Gasteiger partial charge in [-0.2, -0.15) is 4.98 Å². The van der Waals surface area contributed by atoms with E-state index in [-0.39, 0.29) is 18.2 Å². The zero-order valence-corrected chi connectivity index (χ0v) is 10.7. The predicted molar refractivity (Wildman–Crippen MR) is 72.9 cm³/mol. The van der Waals surface area contributed by atoms with E-state index in [9.17, 15) is 10.1 Å². The highest BCUT2D eigenvalue weighted by molar-refractivity contribution is 5.48. The average molecular weight is 275 g/mol. The molecule has 1 aromatic heterocycles. The SMILES string of the molecule is CNc1cc([N+](=O)[O-])cc(Oc2ccc(CO)cc2)n1. The standard InChI is InChI=1S/C13H13N3O4/c1-14-12-6-10(16(18)19)7-13(15-12)20-11-4-2-9(8-17)3-5-11/h2-7,17H,8H2,1H3,(H,14,15). The van der Waals surface area contributed by atoms with Gasteiger partial charge in [-0.1, -0.05) is 12.1 Å². The molecule has 0 spiro atoms. The quantitative estimate of drug-likeness (QED) is 0.642. The highest BCUT2D eigenvalue weighted by Gasteiger charge is 2.12. The van der Waals surface area contributed by atoms with Gasteiger partial charge in [0.15, 0.2) is 0 Å². The van der Waals surface area contributed by atoms with Gasteiger partial charge in [0.25, 0.3) is 5.69 Å². The maximum atomic E-state index is 10.8. The summed E-state index contributed by atoms with van der Waals surface area (Å²) >= 11 is 0. The van der Waals surface area contributed by atoms with Gasteiger partial charge in [0.05, 0.1) is 23.7 Å². The van der Waals surface area contributed by atoms with E-state index in [0.29, 0.717) is 11.6 Å². The summed E-state index contributed by atoms with van der Waals surface area (Å²) in [5.41, 5.74) is 0.645. The Balaban J connectivity index is 2.27. The molecule has 0 radical (unpaired) electrons. The summed E-state index contributed by atoms with van der Waals surface area (Å²) in [4.78, 5) is 14.4. The molecule has 0 fully saturated rings. The summed E-state index contributed by atoms with van der Waals surface area (Å²) in [6, 6.07) is 9.29. The number of hydrogen-bond donors (Lipinski definition) is 2. The molecule has 7 heteroatoms. The topological polar surface area (TPSA) is 97.5 Å². The van der Waals surface area contributed by atoms with E-state index in [1.54, 1.807) is 31.3 Å². The minimum Gasteiger partial charge on any atom is -0.439 e. The molecule has 0 saturated heterocycles. The third-order valence-corrected chi connectivity index (χ3v) is 2.58. The van der Waals surface area contributed by atoms with Crippen LogP contribution in [0.15, 0.2) is 36.4 Å². The van der Waals surface area contributed by atoms with Gasteiger partial charge < -0.3 is 15.2 Å². The number of hydrogen-bond acceptors (Lipinski definition) is 6. The molecule has 7 nitrogen and oxygen atoms in total. The van der Waals surface area contributed by atoms with Crippen molar-refractivity contribution in [1.82, 2.24) is 4.98 Å². The van der Waals surface area contributed by atoms with Gasteiger partial charge in [-0.05, 0) is 17.7 Å². The van der Waals surface area contributed by atoms with Crippen molar-refractivity contribution in [3.8, 4) is 11.6 Å². The van der Waals surface area contributed by atoms with E-state index >= 15 is 0 Å². The van der Waals surface area contributed by atoms with Crippen molar-refractivity contribution in [1.29, 1.82) is 0 Å². The molecule has 0 atom stereocenters. The fourth-order valence-electron chi connectivity index (χ4n) is 1.56. The highest BCUT2D eigenvalue weighted by atomic mass is 16.6. The lowest BCUT2D eigenvalue weighted by Gasteiger charge is -2.07. The Morgan fingerprint density at radius 2 is 2.05 bits per heavy atom. The molecule has 0 amide bonds. The Morgan fingerprint density at radius 3 is 2.60 bits per heavy atom. The number of ether oxygens (including phenoxy) is 1. The monoisotopic (exact) mass is 275 g/mol. The molecule has 2 aromatic rings. The molecule has 0 aliphatic rings. The summed E-state index contributed by atoms with van der Waals surface area (Å²) in [7, 11) is 1.62. The van der Waals surface area contributed by atoms with E-state index < -0.39 is 4.92 Å². The zero-order valence-electron chi connectivity index (χ0n) is 10.7. The average Bonchev–Trinajstić information content (AvgIpc) is 2.47. The second-order valence-corrected chi connectivity index (χ2v) is 3.96. The van der Waals surface area contributed by atoms with Crippen molar-refractivity contribution in [3.05, 3.63) is 52.1 Å². The second kappa shape index (κ2) is 5.98. The van der Waals surface area contributed by atoms with Crippen LogP contribution in [0.5, 0.6) is 11.6 Å². The molecule has 1 heterocycles. The zero-order chi connectivity index (χ0) is 14.5. The molecule has 0 unspecified atom stereocenters. The van der Waals surface area contributed by atoms with Crippen molar-refractivity contribution in [3.63, 3.8) is 0 Å². The van der Waals surface area contributed by atoms with Crippen molar-refractivity contribution in [2.45, 2.75) is 6.61 Å². The van der Waals surface area contributed by atoms with Crippen LogP contribution in [0, 0.1) is 10.1 Å². The Bertz CT molecular complexity index is 614. The summed E-state index contributed by atoms with van der Waals surface area (Å²) in [6.45, 7) is -0.0563. The smallest absolute Gasteiger partial charge is 0.278 e. The lowest BCUT2D eigenvalue weighted by molar-refractivity contribution is -0.384. The molecule has 20 heavy (non-hydrogen) atoms. The number of nitrogens with one attached hydrogen (secondary N) is 1. The van der Waals surface area contributed by atoms with Crippen LogP contribution in [-0.2, 0) is 6.61 Å². The van der Waals surface area contributed by atoms with Crippen LogP contribution in [-0.4, -0.2) is 22.1 Å². The summed E-state index contributed by atoms with van der Waals surface area (Å²) in [6.07, 6.45) is 0. The second-order valence-electron chi connectivity index (χ2n) is 3.96. The van der Waals surface area contributed by atoms with E-state index in [2.05, 4.69) is 10.3 Å². The van der Waals surface area contributed by atoms with Gasteiger partial charge in [-0.25, -0.2) is 0 Å². The summed E-state index contributed by atoms with van der Waals surface area (Å²) < 4.78 is 5.47. The number of nitro groups is 1. The maximum Gasteiger partial charge on any atom is 0.278 e. The lowest BCUT2D eigenvalue weighted by atomic mass is 10.2. The van der Waals surface area contributed by atoms with Crippen LogP contribution in [0.4, 0.5) is 11.5 Å². The summed E-state index contributed by atoms with van der Waals surface area (Å²) in [5.74, 6) is 0.957. The molecule has 2 N–H and O–H groups in total. The number of pyridine rings is 1. The molecule has 0 saturated carbocycles. The first-order valence-electron chi connectivity index (χ1n) is 5.84. The van der Waals surface area contributed by atoms with Gasteiger partial charge in [0, 0.05) is 7.05 Å². The van der Waals surface area contributed by atoms with Gasteiger partial charge >= 0.3 is 0 Å². The molecule has 104 valence electrons. The summed E-state index contributed by atoms with van der Waals surface area (Å²) in [5, 5.41) is 22.5. The number of nitrogens with zero attached hydrogens (tertiary/aromatic N) is 2. The number of anilines is 1. The van der Waals surface area contributed by atoms with Crippen LogP contribution in [0.25, 0.3) is 0 Å². The van der Waals surface area contributed by atoms with Crippen molar-refractivity contribution in [2.24, 2.45) is 0 Å². The van der Waals surface area contributed by atoms with Crippen LogP contribution < -0.4 is 10.1 Å². The fraction of sp³-hybridized carbons (Fsp3) is 0.154. The Labute approximate surface area is 115 Å². The first-order chi connectivity index (χ1) is 9.62. The molecule has 2 rings (SSSR count). The third kappa shape index (κ3) is 3.21. The van der Waals surface area contributed by atoms with Gasteiger partial charge in [0.2, 0.25) is 5.88 Å². The molecular formula is C13H13N3O4. The maximum absolute atomic E-state index is 10.8. The van der Waals surface area contributed by atoms with E-state index in [4.69, 9.17) is 9.84 Å². The number of aliphatic hydroxyl groups is 1. The fourth-order valence-corrected chi connectivity index (χ4v) is 1.56. The van der Waals surface area contributed by atoms with Gasteiger partial charge in [-0.15, -0.1) is 0 Å².